The maximum Gasteiger partial charge on any atom is 0.303 e. The van der Waals surface area contributed by atoms with Gasteiger partial charge in [0.15, 0.2) is 0 Å². The molecule has 27 heavy (non-hydrogen) atoms. The molecule has 0 spiro atoms. The van der Waals surface area contributed by atoms with Crippen LogP contribution in [0.2, 0.25) is 0 Å². The predicted octanol–water partition coefficient (Wildman–Crippen LogP) is 4.09. The summed E-state index contributed by atoms with van der Waals surface area (Å²) in [5.41, 5.74) is 1.88. The van der Waals surface area contributed by atoms with Crippen LogP contribution < -0.4 is 5.32 Å². The minimum absolute atomic E-state index is 0.00628. The van der Waals surface area contributed by atoms with E-state index < -0.39 is 5.97 Å². The molecule has 7 heteroatoms. The Balaban J connectivity index is 1.86. The molecule has 0 fully saturated rings. The maximum absolute atomic E-state index is 12.9. The molecule has 2 aromatic heterocycles. The summed E-state index contributed by atoms with van der Waals surface area (Å²) in [6, 6.07) is 11.0. The highest BCUT2D eigenvalue weighted by molar-refractivity contribution is 7.20. The van der Waals surface area contributed by atoms with Crippen LogP contribution in [0.5, 0.6) is 0 Å². The number of fused-ring (bicyclic) bond motifs is 1. The number of nitrogens with one attached hydrogen (secondary N) is 1. The number of aliphatic carboxylic acids is 1. The number of rotatable bonds is 7. The largest absolute Gasteiger partial charge is 0.481 e. The Kier molecular flexibility index (Phi) is 5.60. The van der Waals surface area contributed by atoms with E-state index in [9.17, 15) is 9.59 Å². The van der Waals surface area contributed by atoms with Crippen LogP contribution in [0.25, 0.3) is 10.2 Å². The lowest BCUT2D eigenvalue weighted by atomic mass is 10.0. The molecule has 0 bridgehead atoms. The number of carboxylic acids is 1. The first-order chi connectivity index (χ1) is 12.9. The number of aromatic nitrogens is 2. The van der Waals surface area contributed by atoms with Crippen molar-refractivity contribution in [2.24, 2.45) is 7.05 Å². The van der Waals surface area contributed by atoms with E-state index in [1.807, 2.05) is 48.1 Å². The van der Waals surface area contributed by atoms with Gasteiger partial charge in [-0.15, -0.1) is 11.3 Å². The van der Waals surface area contributed by atoms with Crippen molar-refractivity contribution in [1.29, 1.82) is 0 Å². The van der Waals surface area contributed by atoms with Crippen LogP contribution >= 0.6 is 11.3 Å². The Labute approximate surface area is 161 Å². The van der Waals surface area contributed by atoms with Gasteiger partial charge in [-0.2, -0.15) is 5.10 Å². The summed E-state index contributed by atoms with van der Waals surface area (Å²) < 4.78 is 1.81. The van der Waals surface area contributed by atoms with Crippen LogP contribution in [-0.4, -0.2) is 26.8 Å². The first-order valence-electron chi connectivity index (χ1n) is 8.91. The summed E-state index contributed by atoms with van der Waals surface area (Å²) >= 11 is 1.40. The van der Waals surface area contributed by atoms with Gasteiger partial charge in [0.05, 0.1) is 16.6 Å². The lowest BCUT2D eigenvalue weighted by Gasteiger charge is -2.18. The van der Waals surface area contributed by atoms with E-state index in [4.69, 9.17) is 5.11 Å². The molecule has 0 aliphatic heterocycles. The Bertz CT molecular complexity index is 960. The third kappa shape index (κ3) is 4.19. The van der Waals surface area contributed by atoms with Crippen LogP contribution in [-0.2, 0) is 11.8 Å². The van der Waals surface area contributed by atoms with Crippen LogP contribution in [0.1, 0.15) is 59.6 Å². The van der Waals surface area contributed by atoms with E-state index in [2.05, 4.69) is 24.3 Å². The van der Waals surface area contributed by atoms with Crippen molar-refractivity contribution in [2.45, 2.75) is 38.6 Å². The third-order valence-electron chi connectivity index (χ3n) is 4.46. The molecule has 2 heterocycles. The van der Waals surface area contributed by atoms with Gasteiger partial charge >= 0.3 is 5.97 Å². The Morgan fingerprint density at radius 3 is 2.59 bits per heavy atom. The molecule has 1 amide bonds. The highest BCUT2D eigenvalue weighted by Crippen LogP contribution is 2.32. The maximum atomic E-state index is 12.9. The number of hydrogen-bond acceptors (Lipinski definition) is 4. The molecule has 0 saturated carbocycles. The second-order valence-electron chi connectivity index (χ2n) is 6.86. The van der Waals surface area contributed by atoms with Crippen LogP contribution in [0, 0.1) is 0 Å². The van der Waals surface area contributed by atoms with Crippen LogP contribution in [0.15, 0.2) is 36.4 Å². The fraction of sp³-hybridized carbons (Fsp3) is 0.350. The number of carbonyl (C=O) groups excluding carboxylic acids is 1. The number of thiophene rings is 1. The normalized spacial score (nSPS) is 12.4. The van der Waals surface area contributed by atoms with Crippen molar-refractivity contribution < 1.29 is 14.7 Å². The zero-order valence-corrected chi connectivity index (χ0v) is 16.4. The van der Waals surface area contributed by atoms with Crippen molar-refractivity contribution in [3.63, 3.8) is 0 Å². The Hall–Kier alpha value is -2.67. The predicted molar refractivity (Wildman–Crippen MR) is 106 cm³/mol. The molecule has 1 unspecified atom stereocenters. The van der Waals surface area contributed by atoms with E-state index in [0.717, 1.165) is 21.5 Å². The van der Waals surface area contributed by atoms with Crippen molar-refractivity contribution in [3.05, 3.63) is 52.5 Å². The SMILES string of the molecule is CC(C)c1nn(C)c2sc(C(=O)NC(CCC(=O)O)c3ccccc3)cc12. The number of amides is 1. The molecule has 3 aromatic rings. The third-order valence-corrected chi connectivity index (χ3v) is 5.67. The van der Waals surface area contributed by atoms with Crippen molar-refractivity contribution >= 4 is 33.4 Å². The molecule has 6 nitrogen and oxygen atoms in total. The van der Waals surface area contributed by atoms with E-state index in [0.29, 0.717) is 11.3 Å². The lowest BCUT2D eigenvalue weighted by Crippen LogP contribution is -2.28. The highest BCUT2D eigenvalue weighted by atomic mass is 32.1. The smallest absolute Gasteiger partial charge is 0.303 e. The van der Waals surface area contributed by atoms with Crippen molar-refractivity contribution in [3.8, 4) is 0 Å². The summed E-state index contributed by atoms with van der Waals surface area (Å²) in [6.45, 7) is 4.16. The molecular formula is C20H23N3O3S. The fourth-order valence-electron chi connectivity index (χ4n) is 3.11. The summed E-state index contributed by atoms with van der Waals surface area (Å²) in [4.78, 5) is 25.4. The first kappa shape index (κ1) is 19.1. The Morgan fingerprint density at radius 1 is 1.26 bits per heavy atom. The number of carbonyl (C=O) groups is 2. The van der Waals surface area contributed by atoms with Gasteiger partial charge < -0.3 is 10.4 Å². The van der Waals surface area contributed by atoms with Crippen molar-refractivity contribution in [1.82, 2.24) is 15.1 Å². The van der Waals surface area contributed by atoms with Gasteiger partial charge in [-0.05, 0) is 24.0 Å². The van der Waals surface area contributed by atoms with Gasteiger partial charge in [0.2, 0.25) is 0 Å². The van der Waals surface area contributed by atoms with Gasteiger partial charge in [-0.3, -0.25) is 14.3 Å². The zero-order valence-electron chi connectivity index (χ0n) is 15.6. The van der Waals surface area contributed by atoms with E-state index in [1.54, 1.807) is 0 Å². The summed E-state index contributed by atoms with van der Waals surface area (Å²) in [5, 5.41) is 17.6. The van der Waals surface area contributed by atoms with E-state index >= 15 is 0 Å². The first-order valence-corrected chi connectivity index (χ1v) is 9.72. The number of nitrogens with zero attached hydrogens (tertiary/aromatic N) is 2. The van der Waals surface area contributed by atoms with Crippen LogP contribution in [0.4, 0.5) is 0 Å². The molecule has 1 aromatic carbocycles. The van der Waals surface area contributed by atoms with Gasteiger partial charge in [-0.25, -0.2) is 0 Å². The number of hydrogen-bond donors (Lipinski definition) is 2. The quantitative estimate of drug-likeness (QED) is 0.641. The van der Waals surface area contributed by atoms with Crippen LogP contribution in [0.3, 0.4) is 0 Å². The number of carboxylic acid groups (broad SMARTS) is 1. The molecule has 0 saturated heterocycles. The molecule has 0 aliphatic rings. The number of benzene rings is 1. The average molecular weight is 385 g/mol. The molecular weight excluding hydrogens is 362 g/mol. The second kappa shape index (κ2) is 7.92. The zero-order chi connectivity index (χ0) is 19.6. The fourth-order valence-corrected chi connectivity index (χ4v) is 4.09. The monoisotopic (exact) mass is 385 g/mol. The molecule has 1 atom stereocenters. The molecule has 142 valence electrons. The van der Waals surface area contributed by atoms with Gasteiger partial charge in [0.25, 0.3) is 5.91 Å². The van der Waals surface area contributed by atoms with E-state index in [1.165, 1.54) is 11.3 Å². The molecule has 0 radical (unpaired) electrons. The van der Waals surface area contributed by atoms with E-state index in [-0.39, 0.29) is 24.3 Å². The minimum atomic E-state index is -0.875. The summed E-state index contributed by atoms with van der Waals surface area (Å²) in [7, 11) is 1.88. The lowest BCUT2D eigenvalue weighted by molar-refractivity contribution is -0.137. The van der Waals surface area contributed by atoms with Gasteiger partial charge in [0, 0.05) is 18.9 Å². The minimum Gasteiger partial charge on any atom is -0.481 e. The standard InChI is InChI=1S/C20H23N3O3S/c1-12(2)18-14-11-16(27-20(14)23(3)22-18)19(26)21-15(9-10-17(24)25)13-7-5-4-6-8-13/h4-8,11-12,15H,9-10H2,1-3H3,(H,21,26)(H,24,25). The molecule has 2 N–H and O–H groups in total. The van der Waals surface area contributed by atoms with Crippen molar-refractivity contribution in [2.75, 3.05) is 0 Å². The Morgan fingerprint density at radius 2 is 1.96 bits per heavy atom. The van der Waals surface area contributed by atoms with Gasteiger partial charge in [0.1, 0.15) is 4.83 Å². The molecule has 3 rings (SSSR count). The summed E-state index contributed by atoms with van der Waals surface area (Å²) in [6.07, 6.45) is 0.336. The topological polar surface area (TPSA) is 84.2 Å². The number of aryl methyl sites for hydroxylation is 1. The highest BCUT2D eigenvalue weighted by Gasteiger charge is 2.21. The summed E-state index contributed by atoms with van der Waals surface area (Å²) in [5.74, 6) is -0.795. The van der Waals surface area contributed by atoms with Gasteiger partial charge in [-0.1, -0.05) is 44.2 Å². The average Bonchev–Trinajstić information content (AvgIpc) is 3.20. The second-order valence-corrected chi connectivity index (χ2v) is 7.89. The molecule has 0 aliphatic carbocycles.